The van der Waals surface area contributed by atoms with Gasteiger partial charge in [0.05, 0.1) is 23.2 Å². The van der Waals surface area contributed by atoms with Gasteiger partial charge < -0.3 is 14.6 Å². The number of carbonyl (C=O) groups excluding carboxylic acids is 1. The number of fused-ring (bicyclic) bond motifs is 1. The normalized spacial score (nSPS) is 10.9. The van der Waals surface area contributed by atoms with E-state index in [4.69, 9.17) is 16.3 Å². The first-order valence-corrected chi connectivity index (χ1v) is 8.02. The number of nitrogens with zero attached hydrogens (tertiary/aromatic N) is 2. The number of benzene rings is 2. The van der Waals surface area contributed by atoms with Gasteiger partial charge in [0.2, 0.25) is 0 Å². The lowest BCUT2D eigenvalue weighted by atomic mass is 10.1. The lowest BCUT2D eigenvalue weighted by molar-refractivity contribution is 0.0951. The standard InChI is InChI=1S/C18H17ClFN3O2/c1-10-22-15-6-7-16(25-3)12(17(15)23(10)2)9-21-18(24)11-4-5-14(20)13(19)8-11/h4-8H,9H2,1-3H3,(H,21,24). The van der Waals surface area contributed by atoms with Crippen molar-refractivity contribution in [3.63, 3.8) is 0 Å². The zero-order valence-electron chi connectivity index (χ0n) is 14.1. The summed E-state index contributed by atoms with van der Waals surface area (Å²) in [4.78, 5) is 16.8. The van der Waals surface area contributed by atoms with E-state index in [0.29, 0.717) is 11.3 Å². The summed E-state index contributed by atoms with van der Waals surface area (Å²) in [5.41, 5.74) is 2.84. The van der Waals surface area contributed by atoms with Gasteiger partial charge in [0.1, 0.15) is 17.4 Å². The summed E-state index contributed by atoms with van der Waals surface area (Å²) in [7, 11) is 3.49. The van der Waals surface area contributed by atoms with E-state index in [0.717, 1.165) is 22.4 Å². The van der Waals surface area contributed by atoms with Gasteiger partial charge in [-0.15, -0.1) is 0 Å². The van der Waals surface area contributed by atoms with Crippen molar-refractivity contribution in [3.05, 3.63) is 58.1 Å². The first kappa shape index (κ1) is 17.2. The molecule has 1 amide bonds. The number of ether oxygens (including phenoxy) is 1. The fraction of sp³-hybridized carbons (Fsp3) is 0.222. The Morgan fingerprint density at radius 3 is 2.80 bits per heavy atom. The maximum Gasteiger partial charge on any atom is 0.251 e. The maximum absolute atomic E-state index is 13.2. The van der Waals surface area contributed by atoms with Crippen molar-refractivity contribution in [2.75, 3.05) is 7.11 Å². The highest BCUT2D eigenvalue weighted by Gasteiger charge is 2.16. The van der Waals surface area contributed by atoms with E-state index in [2.05, 4.69) is 10.3 Å². The van der Waals surface area contributed by atoms with Crippen LogP contribution in [0.5, 0.6) is 5.75 Å². The fourth-order valence-corrected chi connectivity index (χ4v) is 2.93. The fourth-order valence-electron chi connectivity index (χ4n) is 2.75. The Balaban J connectivity index is 1.92. The van der Waals surface area contributed by atoms with Gasteiger partial charge >= 0.3 is 0 Å². The molecule has 0 aliphatic heterocycles. The third-order valence-electron chi connectivity index (χ3n) is 4.15. The van der Waals surface area contributed by atoms with E-state index in [1.165, 1.54) is 18.2 Å². The van der Waals surface area contributed by atoms with Gasteiger partial charge in [-0.2, -0.15) is 0 Å². The van der Waals surface area contributed by atoms with E-state index in [1.54, 1.807) is 7.11 Å². The van der Waals surface area contributed by atoms with Crippen LogP contribution < -0.4 is 10.1 Å². The lowest BCUT2D eigenvalue weighted by Crippen LogP contribution is -2.23. The molecule has 0 saturated heterocycles. The molecule has 0 unspecified atom stereocenters. The molecular weight excluding hydrogens is 345 g/mol. The number of aromatic nitrogens is 2. The molecule has 0 saturated carbocycles. The Morgan fingerprint density at radius 2 is 2.12 bits per heavy atom. The average Bonchev–Trinajstić information content (AvgIpc) is 2.89. The molecule has 130 valence electrons. The predicted molar refractivity (Wildman–Crippen MR) is 94.6 cm³/mol. The van der Waals surface area contributed by atoms with Gasteiger partial charge in [0.25, 0.3) is 5.91 Å². The maximum atomic E-state index is 13.2. The smallest absolute Gasteiger partial charge is 0.251 e. The Bertz CT molecular complexity index is 969. The third kappa shape index (κ3) is 3.17. The van der Waals surface area contributed by atoms with Crippen LogP contribution in [0.25, 0.3) is 11.0 Å². The molecule has 0 atom stereocenters. The van der Waals surface area contributed by atoms with Crippen LogP contribution >= 0.6 is 11.6 Å². The minimum absolute atomic E-state index is 0.0883. The first-order valence-electron chi connectivity index (χ1n) is 7.64. The highest BCUT2D eigenvalue weighted by atomic mass is 35.5. The van der Waals surface area contributed by atoms with Gasteiger partial charge in [-0.1, -0.05) is 11.6 Å². The van der Waals surface area contributed by atoms with Crippen molar-refractivity contribution in [2.45, 2.75) is 13.5 Å². The highest BCUT2D eigenvalue weighted by molar-refractivity contribution is 6.31. The van der Waals surface area contributed by atoms with E-state index in [9.17, 15) is 9.18 Å². The largest absolute Gasteiger partial charge is 0.496 e. The lowest BCUT2D eigenvalue weighted by Gasteiger charge is -2.12. The van der Waals surface area contributed by atoms with Crippen LogP contribution in [0.3, 0.4) is 0 Å². The van der Waals surface area contributed by atoms with Crippen molar-refractivity contribution < 1.29 is 13.9 Å². The average molecular weight is 362 g/mol. The van der Waals surface area contributed by atoms with Gasteiger partial charge in [-0.3, -0.25) is 4.79 Å². The number of halogens is 2. The molecule has 0 aliphatic carbocycles. The van der Waals surface area contributed by atoms with E-state index in [-0.39, 0.29) is 17.5 Å². The molecule has 0 bridgehead atoms. The molecule has 7 heteroatoms. The molecule has 0 aliphatic rings. The van der Waals surface area contributed by atoms with Crippen molar-refractivity contribution in [3.8, 4) is 5.75 Å². The number of imidazole rings is 1. The summed E-state index contributed by atoms with van der Waals surface area (Å²) >= 11 is 5.74. The van der Waals surface area contributed by atoms with Gasteiger partial charge in [0, 0.05) is 24.7 Å². The minimum Gasteiger partial charge on any atom is -0.496 e. The number of carbonyl (C=O) groups is 1. The number of methoxy groups -OCH3 is 1. The SMILES string of the molecule is COc1ccc2nc(C)n(C)c2c1CNC(=O)c1ccc(F)c(Cl)c1. The second kappa shape index (κ2) is 6.72. The van der Waals surface area contributed by atoms with Crippen LogP contribution in [-0.2, 0) is 13.6 Å². The molecule has 3 aromatic rings. The van der Waals surface area contributed by atoms with Crippen molar-refractivity contribution >= 4 is 28.5 Å². The second-order valence-corrected chi connectivity index (χ2v) is 6.05. The van der Waals surface area contributed by atoms with Gasteiger partial charge in [0.15, 0.2) is 0 Å². The Labute approximate surface area is 149 Å². The molecule has 0 fully saturated rings. The summed E-state index contributed by atoms with van der Waals surface area (Å²) in [6.45, 7) is 2.16. The number of amides is 1. The topological polar surface area (TPSA) is 56.1 Å². The van der Waals surface area contributed by atoms with Crippen molar-refractivity contribution in [1.82, 2.24) is 14.9 Å². The number of hydrogen-bond donors (Lipinski definition) is 1. The van der Waals surface area contributed by atoms with Gasteiger partial charge in [-0.25, -0.2) is 9.37 Å². The van der Waals surface area contributed by atoms with Crippen LogP contribution in [-0.4, -0.2) is 22.6 Å². The summed E-state index contributed by atoms with van der Waals surface area (Å²) in [5.74, 6) is 0.615. The van der Waals surface area contributed by atoms with Crippen LogP contribution in [0.1, 0.15) is 21.7 Å². The van der Waals surface area contributed by atoms with E-state index in [1.807, 2.05) is 30.7 Å². The Morgan fingerprint density at radius 1 is 1.36 bits per heavy atom. The van der Waals surface area contributed by atoms with Crippen LogP contribution in [0.4, 0.5) is 4.39 Å². The third-order valence-corrected chi connectivity index (χ3v) is 4.44. The van der Waals surface area contributed by atoms with Crippen LogP contribution in [0, 0.1) is 12.7 Å². The van der Waals surface area contributed by atoms with Gasteiger partial charge in [-0.05, 0) is 37.3 Å². The molecule has 1 N–H and O–H groups in total. The Hall–Kier alpha value is -2.60. The zero-order valence-corrected chi connectivity index (χ0v) is 14.8. The molecule has 25 heavy (non-hydrogen) atoms. The highest BCUT2D eigenvalue weighted by Crippen LogP contribution is 2.28. The number of rotatable bonds is 4. The quantitative estimate of drug-likeness (QED) is 0.772. The minimum atomic E-state index is -0.560. The summed E-state index contributed by atoms with van der Waals surface area (Å²) in [6, 6.07) is 7.57. The predicted octanol–water partition coefficient (Wildman–Crippen LogP) is 3.61. The van der Waals surface area contributed by atoms with E-state index < -0.39 is 5.82 Å². The Kier molecular flexibility index (Phi) is 4.63. The molecule has 0 radical (unpaired) electrons. The second-order valence-electron chi connectivity index (χ2n) is 5.64. The van der Waals surface area contributed by atoms with E-state index >= 15 is 0 Å². The van der Waals surface area contributed by atoms with Crippen LogP contribution in [0.15, 0.2) is 30.3 Å². The monoisotopic (exact) mass is 361 g/mol. The molecule has 2 aromatic carbocycles. The summed E-state index contributed by atoms with van der Waals surface area (Å²) < 4.78 is 20.6. The molecule has 1 heterocycles. The molecule has 0 spiro atoms. The van der Waals surface area contributed by atoms with Crippen molar-refractivity contribution in [1.29, 1.82) is 0 Å². The molecule has 3 rings (SSSR count). The first-order chi connectivity index (χ1) is 11.9. The van der Waals surface area contributed by atoms with Crippen molar-refractivity contribution in [2.24, 2.45) is 7.05 Å². The summed E-state index contributed by atoms with van der Waals surface area (Å²) in [5, 5.41) is 2.74. The number of nitrogens with one attached hydrogen (secondary N) is 1. The molecule has 1 aromatic heterocycles. The molecular formula is C18H17ClFN3O2. The summed E-state index contributed by atoms with van der Waals surface area (Å²) in [6.07, 6.45) is 0. The van der Waals surface area contributed by atoms with Crippen LogP contribution in [0.2, 0.25) is 5.02 Å². The molecule has 5 nitrogen and oxygen atoms in total. The number of hydrogen-bond acceptors (Lipinski definition) is 3. The zero-order chi connectivity index (χ0) is 18.1. The number of aryl methyl sites for hydroxylation is 2.